The van der Waals surface area contributed by atoms with Gasteiger partial charge in [-0.2, -0.15) is 13.5 Å². The quantitative estimate of drug-likeness (QED) is 0.532. The summed E-state index contributed by atoms with van der Waals surface area (Å²) in [4.78, 5) is 16.9. The Hall–Kier alpha value is -3.27. The number of nitrogens with zero attached hydrogens (tertiary/aromatic N) is 3. The lowest BCUT2D eigenvalue weighted by Crippen LogP contribution is -2.32. The first kappa shape index (κ1) is 24.4. The first-order chi connectivity index (χ1) is 15.5. The molecule has 8 nitrogen and oxygen atoms in total. The van der Waals surface area contributed by atoms with Crippen molar-refractivity contribution in [3.05, 3.63) is 59.7 Å². The van der Waals surface area contributed by atoms with Crippen LogP contribution in [0.15, 0.2) is 47.8 Å². The van der Waals surface area contributed by atoms with E-state index in [0.29, 0.717) is 28.1 Å². The van der Waals surface area contributed by atoms with Crippen LogP contribution in [0.3, 0.4) is 0 Å². The van der Waals surface area contributed by atoms with E-state index < -0.39 is 21.7 Å². The zero-order chi connectivity index (χ0) is 24.3. The molecule has 1 aromatic carbocycles. The highest BCUT2D eigenvalue weighted by molar-refractivity contribution is 7.90. The lowest BCUT2D eigenvalue weighted by Gasteiger charge is -2.18. The maximum absolute atomic E-state index is 14.5. The minimum Gasteiger partial charge on any atom is -0.481 e. The van der Waals surface area contributed by atoms with E-state index in [1.807, 2.05) is 27.7 Å². The van der Waals surface area contributed by atoms with Gasteiger partial charge in [0.25, 0.3) is 10.0 Å². The van der Waals surface area contributed by atoms with E-state index in [1.54, 1.807) is 12.1 Å². The Kier molecular flexibility index (Phi) is 7.16. The number of nitrogens with one attached hydrogen (secondary N) is 1. The molecule has 0 bridgehead atoms. The van der Waals surface area contributed by atoms with E-state index in [-0.39, 0.29) is 23.4 Å². The van der Waals surface area contributed by atoms with Crippen LogP contribution >= 0.6 is 0 Å². The zero-order valence-electron chi connectivity index (χ0n) is 19.2. The lowest BCUT2D eigenvalue weighted by molar-refractivity contribution is -0.118. The molecule has 0 aliphatic heterocycles. The van der Waals surface area contributed by atoms with Gasteiger partial charge < -0.3 is 4.74 Å². The van der Waals surface area contributed by atoms with Gasteiger partial charge in [0.2, 0.25) is 11.8 Å². The summed E-state index contributed by atoms with van der Waals surface area (Å²) in [6, 6.07) is 7.31. The molecule has 0 aliphatic carbocycles. The molecule has 10 heteroatoms. The summed E-state index contributed by atoms with van der Waals surface area (Å²) in [6.45, 7) is 7.48. The highest BCUT2D eigenvalue weighted by Gasteiger charge is 2.24. The third-order valence-corrected chi connectivity index (χ3v) is 6.36. The highest BCUT2D eigenvalue weighted by Crippen LogP contribution is 2.33. The molecule has 0 fully saturated rings. The van der Waals surface area contributed by atoms with E-state index in [2.05, 4.69) is 14.8 Å². The molecule has 2 heterocycles. The van der Waals surface area contributed by atoms with Gasteiger partial charge in [-0.1, -0.05) is 13.8 Å². The van der Waals surface area contributed by atoms with Crippen molar-refractivity contribution in [3.63, 3.8) is 0 Å². The zero-order valence-corrected chi connectivity index (χ0v) is 20.0. The normalized spacial score (nSPS) is 11.8. The molecule has 3 aromatic rings. The standard InChI is InChI=1S/C23H27FN4O4S/c1-14(2)18-11-17(24)12-19(16-6-8-25-22(10-16)32-5)20(18)13-21(29)27-33(30,31)23-7-9-28(26-23)15(3)4/h6-12,14-15H,13H2,1-5H3,(H,27,29). The van der Waals surface area contributed by atoms with Crippen LogP contribution in [0.25, 0.3) is 11.1 Å². The van der Waals surface area contributed by atoms with E-state index in [4.69, 9.17) is 4.74 Å². The number of methoxy groups -OCH3 is 1. The number of aromatic nitrogens is 3. The van der Waals surface area contributed by atoms with Crippen LogP contribution in [0.2, 0.25) is 0 Å². The average molecular weight is 475 g/mol. The fourth-order valence-corrected chi connectivity index (χ4v) is 4.38. The molecule has 0 saturated carbocycles. The summed E-state index contributed by atoms with van der Waals surface area (Å²) in [5.41, 5.74) is 2.21. The van der Waals surface area contributed by atoms with Gasteiger partial charge in [0.1, 0.15) is 5.82 Å². The molecule has 0 unspecified atom stereocenters. The van der Waals surface area contributed by atoms with Crippen molar-refractivity contribution < 1.29 is 22.3 Å². The number of carbonyl (C=O) groups excluding carboxylic acids is 1. The summed E-state index contributed by atoms with van der Waals surface area (Å²) in [5, 5.41) is 3.78. The summed E-state index contributed by atoms with van der Waals surface area (Å²) in [7, 11) is -2.69. The van der Waals surface area contributed by atoms with Gasteiger partial charge in [-0.3, -0.25) is 9.48 Å². The topological polar surface area (TPSA) is 103 Å². The van der Waals surface area contributed by atoms with Gasteiger partial charge in [0.05, 0.1) is 13.5 Å². The van der Waals surface area contributed by atoms with Crippen LogP contribution in [0.1, 0.15) is 50.8 Å². The van der Waals surface area contributed by atoms with Crippen LogP contribution in [0.5, 0.6) is 5.88 Å². The van der Waals surface area contributed by atoms with Gasteiger partial charge in [0, 0.05) is 24.5 Å². The Morgan fingerprint density at radius 3 is 2.52 bits per heavy atom. The summed E-state index contributed by atoms with van der Waals surface area (Å²) in [6.07, 6.45) is 2.79. The van der Waals surface area contributed by atoms with Crippen molar-refractivity contribution in [1.82, 2.24) is 19.5 Å². The van der Waals surface area contributed by atoms with E-state index in [1.165, 1.54) is 42.4 Å². The molecule has 176 valence electrons. The SMILES string of the molecule is COc1cc(-c2cc(F)cc(C(C)C)c2CC(=O)NS(=O)(=O)c2ccn(C(C)C)n2)ccn1. The largest absolute Gasteiger partial charge is 0.481 e. The molecular formula is C23H27FN4O4S. The smallest absolute Gasteiger partial charge is 0.283 e. The third-order valence-electron chi connectivity index (χ3n) is 5.10. The van der Waals surface area contributed by atoms with Crippen molar-refractivity contribution in [2.45, 2.75) is 51.1 Å². The van der Waals surface area contributed by atoms with Crippen molar-refractivity contribution in [2.75, 3.05) is 7.11 Å². The Bertz CT molecular complexity index is 1270. The van der Waals surface area contributed by atoms with Gasteiger partial charge >= 0.3 is 0 Å². The van der Waals surface area contributed by atoms with E-state index in [9.17, 15) is 17.6 Å². The molecule has 0 radical (unpaired) electrons. The minimum atomic E-state index is -4.16. The Morgan fingerprint density at radius 2 is 1.91 bits per heavy atom. The van der Waals surface area contributed by atoms with Gasteiger partial charge in [0.15, 0.2) is 5.03 Å². The molecular weight excluding hydrogens is 447 g/mol. The molecule has 2 aromatic heterocycles. The minimum absolute atomic E-state index is 0.0302. The fraction of sp³-hybridized carbons (Fsp3) is 0.348. The van der Waals surface area contributed by atoms with Crippen LogP contribution in [-0.4, -0.2) is 36.2 Å². The second-order valence-corrected chi connectivity index (χ2v) is 9.83. The molecule has 33 heavy (non-hydrogen) atoms. The van der Waals surface area contributed by atoms with Crippen molar-refractivity contribution in [1.29, 1.82) is 0 Å². The monoisotopic (exact) mass is 474 g/mol. The van der Waals surface area contributed by atoms with Crippen LogP contribution in [0, 0.1) is 5.82 Å². The number of pyridine rings is 1. The Labute approximate surface area is 192 Å². The van der Waals surface area contributed by atoms with Crippen LogP contribution in [-0.2, 0) is 21.2 Å². The number of carbonyl (C=O) groups is 1. The number of benzene rings is 1. The summed E-state index contributed by atoms with van der Waals surface area (Å²) >= 11 is 0. The molecule has 3 rings (SSSR count). The molecule has 1 amide bonds. The van der Waals surface area contributed by atoms with Gasteiger partial charge in [-0.25, -0.2) is 14.1 Å². The number of amides is 1. The molecule has 0 saturated heterocycles. The van der Waals surface area contributed by atoms with Crippen molar-refractivity contribution >= 4 is 15.9 Å². The maximum atomic E-state index is 14.5. The molecule has 0 aliphatic rings. The van der Waals surface area contributed by atoms with E-state index in [0.717, 1.165) is 0 Å². The number of hydrogen-bond acceptors (Lipinski definition) is 6. The van der Waals surface area contributed by atoms with Crippen molar-refractivity contribution in [2.24, 2.45) is 0 Å². The van der Waals surface area contributed by atoms with Gasteiger partial charge in [-0.05, 0) is 66.3 Å². The Morgan fingerprint density at radius 1 is 1.18 bits per heavy atom. The highest BCUT2D eigenvalue weighted by atomic mass is 32.2. The number of ether oxygens (including phenoxy) is 1. The van der Waals surface area contributed by atoms with Gasteiger partial charge in [-0.15, -0.1) is 0 Å². The number of halogens is 1. The van der Waals surface area contributed by atoms with Crippen LogP contribution < -0.4 is 9.46 Å². The Balaban J connectivity index is 1.98. The lowest BCUT2D eigenvalue weighted by atomic mass is 9.88. The summed E-state index contributed by atoms with van der Waals surface area (Å²) in [5.74, 6) is -0.976. The summed E-state index contributed by atoms with van der Waals surface area (Å²) < 4.78 is 48.6. The molecule has 0 spiro atoms. The first-order valence-corrected chi connectivity index (χ1v) is 11.9. The molecule has 0 atom stereocenters. The third kappa shape index (κ3) is 5.57. The van der Waals surface area contributed by atoms with Crippen molar-refractivity contribution in [3.8, 4) is 17.0 Å². The first-order valence-electron chi connectivity index (χ1n) is 10.5. The second-order valence-electron chi connectivity index (χ2n) is 8.20. The predicted molar refractivity (Wildman–Crippen MR) is 122 cm³/mol. The maximum Gasteiger partial charge on any atom is 0.283 e. The predicted octanol–water partition coefficient (Wildman–Crippen LogP) is 3.84. The number of sulfonamides is 1. The number of hydrogen-bond donors (Lipinski definition) is 1. The average Bonchev–Trinajstić information content (AvgIpc) is 3.26. The van der Waals surface area contributed by atoms with Crippen LogP contribution in [0.4, 0.5) is 4.39 Å². The molecule has 1 N–H and O–H groups in total. The van der Waals surface area contributed by atoms with E-state index >= 15 is 0 Å². The fourth-order valence-electron chi connectivity index (χ4n) is 3.47. The second kappa shape index (κ2) is 9.70. The number of rotatable bonds is 8.